The molecule has 4 rings (SSSR count). The van der Waals surface area contributed by atoms with Crippen molar-refractivity contribution in [3.63, 3.8) is 0 Å². The Morgan fingerprint density at radius 1 is 1.20 bits per heavy atom. The zero-order chi connectivity index (χ0) is 21.4. The molecule has 2 heterocycles. The molecule has 2 amide bonds. The number of amides is 2. The number of hydrogen-bond acceptors (Lipinski definition) is 6. The van der Waals surface area contributed by atoms with Gasteiger partial charge in [0.2, 0.25) is 5.91 Å². The first-order chi connectivity index (χ1) is 14.4. The third-order valence-corrected chi connectivity index (χ3v) is 5.42. The number of nitrogen functional groups attached to an aromatic ring is 1. The highest BCUT2D eigenvalue weighted by Gasteiger charge is 2.27. The van der Waals surface area contributed by atoms with E-state index in [-0.39, 0.29) is 18.1 Å². The van der Waals surface area contributed by atoms with Crippen LogP contribution < -0.4 is 16.7 Å². The molecule has 0 unspecified atom stereocenters. The molecule has 0 saturated carbocycles. The normalized spacial score (nSPS) is 14.7. The second-order valence-corrected chi connectivity index (χ2v) is 7.67. The molecule has 1 aliphatic carbocycles. The van der Waals surface area contributed by atoms with Gasteiger partial charge in [0.15, 0.2) is 5.76 Å². The summed E-state index contributed by atoms with van der Waals surface area (Å²) >= 11 is 0. The van der Waals surface area contributed by atoms with E-state index in [4.69, 9.17) is 14.7 Å². The lowest BCUT2D eigenvalue weighted by molar-refractivity contribution is -0.120. The molecule has 8 heteroatoms. The van der Waals surface area contributed by atoms with Crippen molar-refractivity contribution in [2.45, 2.75) is 46.5 Å². The van der Waals surface area contributed by atoms with Gasteiger partial charge in [-0.3, -0.25) is 15.0 Å². The molecule has 8 nitrogen and oxygen atoms in total. The molecule has 0 spiro atoms. The predicted molar refractivity (Wildman–Crippen MR) is 112 cm³/mol. The second kappa shape index (κ2) is 7.79. The number of carbonyl (C=O) groups is 2. The van der Waals surface area contributed by atoms with Gasteiger partial charge in [-0.15, -0.1) is 0 Å². The SMILES string of the molecule is Cc1cc(C)c2c(CC(=O)N/N=C3\CCCc4oc(C(=O)NN)c(C)c43)coc2c1. The van der Waals surface area contributed by atoms with E-state index >= 15 is 0 Å². The number of furan rings is 2. The zero-order valence-electron chi connectivity index (χ0n) is 17.2. The van der Waals surface area contributed by atoms with Crippen LogP contribution in [-0.2, 0) is 17.6 Å². The average Bonchev–Trinajstić information content (AvgIpc) is 3.27. The van der Waals surface area contributed by atoms with Crippen LogP contribution in [0.25, 0.3) is 11.0 Å². The second-order valence-electron chi connectivity index (χ2n) is 7.67. The number of nitrogens with zero attached hydrogens (tertiary/aromatic N) is 1. The lowest BCUT2D eigenvalue weighted by Gasteiger charge is -2.13. The number of nitrogens with one attached hydrogen (secondary N) is 2. The van der Waals surface area contributed by atoms with Gasteiger partial charge in [-0.2, -0.15) is 5.10 Å². The fraction of sp³-hybridized carbons (Fsp3) is 0.318. The number of rotatable bonds is 4. The maximum atomic E-state index is 12.6. The van der Waals surface area contributed by atoms with Gasteiger partial charge in [-0.25, -0.2) is 11.3 Å². The van der Waals surface area contributed by atoms with Crippen LogP contribution in [0.3, 0.4) is 0 Å². The van der Waals surface area contributed by atoms with Gasteiger partial charge in [0.05, 0.1) is 18.4 Å². The van der Waals surface area contributed by atoms with Crippen molar-refractivity contribution in [2.75, 3.05) is 0 Å². The molecule has 0 radical (unpaired) electrons. The summed E-state index contributed by atoms with van der Waals surface area (Å²) in [5.74, 6) is 5.38. The van der Waals surface area contributed by atoms with Gasteiger partial charge < -0.3 is 8.83 Å². The zero-order valence-corrected chi connectivity index (χ0v) is 17.2. The van der Waals surface area contributed by atoms with Gasteiger partial charge in [-0.1, -0.05) is 6.07 Å². The molecule has 1 aliphatic rings. The summed E-state index contributed by atoms with van der Waals surface area (Å²) in [4.78, 5) is 24.5. The third kappa shape index (κ3) is 3.50. The van der Waals surface area contributed by atoms with Crippen molar-refractivity contribution < 1.29 is 18.4 Å². The molecule has 30 heavy (non-hydrogen) atoms. The molecule has 0 saturated heterocycles. The van der Waals surface area contributed by atoms with Crippen molar-refractivity contribution in [1.82, 2.24) is 10.9 Å². The molecule has 3 aromatic rings. The molecular weight excluding hydrogens is 384 g/mol. The number of hydrogen-bond donors (Lipinski definition) is 3. The highest BCUT2D eigenvalue weighted by molar-refractivity contribution is 6.06. The first kappa shape index (κ1) is 19.9. The summed E-state index contributed by atoms with van der Waals surface area (Å²) in [5.41, 5.74) is 10.7. The number of nitrogens with two attached hydrogens (primary N) is 1. The van der Waals surface area contributed by atoms with Crippen molar-refractivity contribution in [3.8, 4) is 0 Å². The Hall–Kier alpha value is -3.39. The van der Waals surface area contributed by atoms with Crippen molar-refractivity contribution >= 4 is 28.5 Å². The fourth-order valence-corrected chi connectivity index (χ4v) is 4.16. The maximum Gasteiger partial charge on any atom is 0.301 e. The van der Waals surface area contributed by atoms with E-state index < -0.39 is 5.91 Å². The van der Waals surface area contributed by atoms with Crippen LogP contribution in [0.5, 0.6) is 0 Å². The van der Waals surface area contributed by atoms with E-state index in [1.807, 2.05) is 19.9 Å². The average molecular weight is 408 g/mol. The van der Waals surface area contributed by atoms with Crippen LogP contribution in [0.15, 0.2) is 32.3 Å². The maximum absolute atomic E-state index is 12.6. The number of hydrazine groups is 1. The van der Waals surface area contributed by atoms with Crippen molar-refractivity contribution in [3.05, 3.63) is 57.7 Å². The Balaban J connectivity index is 1.55. The largest absolute Gasteiger partial charge is 0.464 e. The van der Waals surface area contributed by atoms with E-state index in [2.05, 4.69) is 22.0 Å². The molecule has 156 valence electrons. The van der Waals surface area contributed by atoms with Crippen molar-refractivity contribution in [1.29, 1.82) is 0 Å². The minimum atomic E-state index is -0.484. The van der Waals surface area contributed by atoms with Crippen LogP contribution in [0.2, 0.25) is 0 Å². The summed E-state index contributed by atoms with van der Waals surface area (Å²) in [6.45, 7) is 5.81. The molecule has 0 atom stereocenters. The quantitative estimate of drug-likeness (QED) is 0.348. The Kier molecular flexibility index (Phi) is 5.17. The number of carbonyl (C=O) groups excluding carboxylic acids is 2. The minimum absolute atomic E-state index is 0.158. The van der Waals surface area contributed by atoms with E-state index in [1.165, 1.54) is 0 Å². The van der Waals surface area contributed by atoms with Gasteiger partial charge in [0.1, 0.15) is 11.3 Å². The van der Waals surface area contributed by atoms with Crippen molar-refractivity contribution in [2.24, 2.45) is 10.9 Å². The lowest BCUT2D eigenvalue weighted by Crippen LogP contribution is -2.30. The smallest absolute Gasteiger partial charge is 0.301 e. The standard InChI is InChI=1S/C22H24N4O4/c1-11-7-12(2)19-14(10-29-17(19)8-11)9-18(27)26-25-15-5-4-6-16-20(15)13(3)21(30-16)22(28)24-23/h7-8,10H,4-6,9,23H2,1-3H3,(H,24,28)(H,26,27)/b25-15+. The first-order valence-corrected chi connectivity index (χ1v) is 9.85. The molecule has 2 aromatic heterocycles. The molecule has 0 fully saturated rings. The third-order valence-electron chi connectivity index (χ3n) is 5.42. The van der Waals surface area contributed by atoms with E-state index in [0.717, 1.165) is 39.6 Å². The lowest BCUT2D eigenvalue weighted by atomic mass is 9.93. The molecule has 0 aliphatic heterocycles. The molecule has 0 bridgehead atoms. The summed E-state index contributed by atoms with van der Waals surface area (Å²) in [6.07, 6.45) is 4.00. The molecule has 1 aromatic carbocycles. The van der Waals surface area contributed by atoms with Crippen LogP contribution in [0.1, 0.15) is 57.0 Å². The summed E-state index contributed by atoms with van der Waals surface area (Å²) < 4.78 is 11.3. The highest BCUT2D eigenvalue weighted by Crippen LogP contribution is 2.30. The Morgan fingerprint density at radius 3 is 2.77 bits per heavy atom. The Labute approximate surface area is 173 Å². The van der Waals surface area contributed by atoms with Crippen LogP contribution in [0.4, 0.5) is 0 Å². The number of benzene rings is 1. The fourth-order valence-electron chi connectivity index (χ4n) is 4.16. The number of hydrazone groups is 1. The molecule has 4 N–H and O–H groups in total. The van der Waals surface area contributed by atoms with Gasteiger partial charge in [-0.05, 0) is 50.8 Å². The van der Waals surface area contributed by atoms with E-state index in [9.17, 15) is 9.59 Å². The summed E-state index contributed by atoms with van der Waals surface area (Å²) in [7, 11) is 0. The Bertz CT molecular complexity index is 1190. The Morgan fingerprint density at radius 2 is 2.00 bits per heavy atom. The number of aryl methyl sites for hydroxylation is 3. The van der Waals surface area contributed by atoms with E-state index in [1.54, 1.807) is 13.2 Å². The summed E-state index contributed by atoms with van der Waals surface area (Å²) in [6, 6.07) is 4.03. The van der Waals surface area contributed by atoms with Gasteiger partial charge in [0, 0.05) is 28.5 Å². The van der Waals surface area contributed by atoms with Gasteiger partial charge >= 0.3 is 5.91 Å². The minimum Gasteiger partial charge on any atom is -0.464 e. The molecular formula is C22H24N4O4. The monoisotopic (exact) mass is 408 g/mol. The van der Waals surface area contributed by atoms with Crippen LogP contribution >= 0.6 is 0 Å². The van der Waals surface area contributed by atoms with Crippen LogP contribution in [-0.4, -0.2) is 17.5 Å². The highest BCUT2D eigenvalue weighted by atomic mass is 16.4. The predicted octanol–water partition coefficient (Wildman–Crippen LogP) is 2.95. The first-order valence-electron chi connectivity index (χ1n) is 9.85. The number of fused-ring (bicyclic) bond motifs is 2. The van der Waals surface area contributed by atoms with Gasteiger partial charge in [0.25, 0.3) is 0 Å². The summed E-state index contributed by atoms with van der Waals surface area (Å²) in [5, 5.41) is 5.31. The topological polar surface area (TPSA) is 123 Å². The van der Waals surface area contributed by atoms with Crippen LogP contribution in [0, 0.1) is 20.8 Å². The van der Waals surface area contributed by atoms with E-state index in [0.29, 0.717) is 29.9 Å².